The maximum absolute atomic E-state index is 5.96. The largest absolute Gasteiger partial charge is 0.371 e. The maximum atomic E-state index is 5.96. The summed E-state index contributed by atoms with van der Waals surface area (Å²) < 4.78 is 5.96. The van der Waals surface area contributed by atoms with Gasteiger partial charge >= 0.3 is 0 Å². The Morgan fingerprint density at radius 3 is 2.57 bits per heavy atom. The third kappa shape index (κ3) is 3.85. The van der Waals surface area contributed by atoms with E-state index in [0.717, 1.165) is 31.5 Å². The molecule has 1 aliphatic carbocycles. The monoisotopic (exact) mass is 310 g/mol. The third-order valence-electron chi connectivity index (χ3n) is 4.86. The fourth-order valence-electron chi connectivity index (χ4n) is 3.00. The van der Waals surface area contributed by atoms with Crippen molar-refractivity contribution >= 4 is 11.3 Å². The normalized spacial score (nSPS) is 22.1. The summed E-state index contributed by atoms with van der Waals surface area (Å²) >= 11 is 1.77. The Morgan fingerprint density at radius 1 is 1.33 bits per heavy atom. The van der Waals surface area contributed by atoms with Gasteiger partial charge in [-0.2, -0.15) is 0 Å². The van der Waals surface area contributed by atoms with E-state index >= 15 is 0 Å². The summed E-state index contributed by atoms with van der Waals surface area (Å²) in [6, 6.07) is 0.323. The van der Waals surface area contributed by atoms with Crippen LogP contribution in [0.5, 0.6) is 0 Å². The molecule has 0 radical (unpaired) electrons. The Morgan fingerprint density at radius 2 is 2.00 bits per heavy atom. The SMILES string of the molecule is CCCNC(C)c1csc(C2(OC)CCC(C)(C)CC2)n1. The average molecular weight is 311 g/mol. The third-order valence-corrected chi connectivity index (χ3v) is 5.90. The Balaban J connectivity index is 2.11. The summed E-state index contributed by atoms with van der Waals surface area (Å²) in [5.74, 6) is 0. The van der Waals surface area contributed by atoms with Crippen molar-refractivity contribution in [1.82, 2.24) is 10.3 Å². The molecule has 0 bridgehead atoms. The molecule has 3 nitrogen and oxygen atoms in total. The zero-order valence-electron chi connectivity index (χ0n) is 14.2. The Labute approximate surface area is 133 Å². The number of nitrogens with zero attached hydrogens (tertiary/aromatic N) is 1. The van der Waals surface area contributed by atoms with Crippen LogP contribution in [0.15, 0.2) is 5.38 Å². The first kappa shape index (κ1) is 16.9. The van der Waals surface area contributed by atoms with Crippen LogP contribution in [0.4, 0.5) is 0 Å². The molecule has 0 aliphatic heterocycles. The highest BCUT2D eigenvalue weighted by Gasteiger charge is 2.42. The van der Waals surface area contributed by atoms with Gasteiger partial charge in [0.2, 0.25) is 0 Å². The number of hydrogen-bond donors (Lipinski definition) is 1. The quantitative estimate of drug-likeness (QED) is 0.830. The van der Waals surface area contributed by atoms with Gasteiger partial charge in [-0.1, -0.05) is 20.8 Å². The molecule has 1 fully saturated rings. The van der Waals surface area contributed by atoms with Crippen molar-refractivity contribution < 1.29 is 4.74 Å². The van der Waals surface area contributed by atoms with Crippen molar-refractivity contribution in [3.63, 3.8) is 0 Å². The highest BCUT2D eigenvalue weighted by atomic mass is 32.1. The van der Waals surface area contributed by atoms with Crippen LogP contribution in [-0.2, 0) is 10.3 Å². The first-order valence-electron chi connectivity index (χ1n) is 8.17. The van der Waals surface area contributed by atoms with E-state index in [1.165, 1.54) is 17.8 Å². The molecule has 1 atom stereocenters. The van der Waals surface area contributed by atoms with Crippen molar-refractivity contribution in [3.8, 4) is 0 Å². The molecule has 1 heterocycles. The molecule has 120 valence electrons. The standard InChI is InChI=1S/C17H30N2OS/c1-6-11-18-13(2)14-12-21-15(19-14)17(20-5)9-7-16(3,4)8-10-17/h12-13,18H,6-11H2,1-5H3. The van der Waals surface area contributed by atoms with Crippen LogP contribution in [-0.4, -0.2) is 18.6 Å². The van der Waals surface area contributed by atoms with E-state index in [9.17, 15) is 0 Å². The number of ether oxygens (including phenoxy) is 1. The Hall–Kier alpha value is -0.450. The highest BCUT2D eigenvalue weighted by Crippen LogP contribution is 2.47. The van der Waals surface area contributed by atoms with E-state index in [4.69, 9.17) is 9.72 Å². The summed E-state index contributed by atoms with van der Waals surface area (Å²) in [4.78, 5) is 4.91. The van der Waals surface area contributed by atoms with Gasteiger partial charge in [-0.25, -0.2) is 4.98 Å². The number of thiazole rings is 1. The van der Waals surface area contributed by atoms with E-state index in [0.29, 0.717) is 11.5 Å². The minimum absolute atomic E-state index is 0.150. The lowest BCUT2D eigenvalue weighted by molar-refractivity contribution is -0.0668. The van der Waals surface area contributed by atoms with Crippen LogP contribution < -0.4 is 5.32 Å². The number of hydrogen-bond acceptors (Lipinski definition) is 4. The molecule has 1 aliphatic rings. The van der Waals surface area contributed by atoms with E-state index in [2.05, 4.69) is 38.4 Å². The molecule has 1 saturated carbocycles. The smallest absolute Gasteiger partial charge is 0.125 e. The minimum atomic E-state index is -0.150. The van der Waals surface area contributed by atoms with Crippen molar-refractivity contribution in [2.75, 3.05) is 13.7 Å². The van der Waals surface area contributed by atoms with Gasteiger partial charge in [0.1, 0.15) is 10.6 Å². The van der Waals surface area contributed by atoms with E-state index < -0.39 is 0 Å². The van der Waals surface area contributed by atoms with E-state index in [-0.39, 0.29) is 5.60 Å². The molecule has 0 amide bonds. The van der Waals surface area contributed by atoms with Gasteiger partial charge in [-0.3, -0.25) is 0 Å². The molecule has 1 unspecified atom stereocenters. The first-order chi connectivity index (χ1) is 9.92. The van der Waals surface area contributed by atoms with Gasteiger partial charge in [-0.15, -0.1) is 11.3 Å². The fraction of sp³-hybridized carbons (Fsp3) is 0.824. The van der Waals surface area contributed by atoms with Crippen molar-refractivity contribution in [2.45, 2.75) is 71.4 Å². The van der Waals surface area contributed by atoms with Crippen LogP contribution in [0, 0.1) is 5.41 Å². The predicted octanol–water partition coefficient (Wildman–Crippen LogP) is 4.65. The summed E-state index contributed by atoms with van der Waals surface area (Å²) in [5.41, 5.74) is 1.45. The molecule has 4 heteroatoms. The first-order valence-corrected chi connectivity index (χ1v) is 9.05. The van der Waals surface area contributed by atoms with Gasteiger partial charge in [0.05, 0.1) is 5.69 Å². The molecular weight excluding hydrogens is 280 g/mol. The fourth-order valence-corrected chi connectivity index (χ4v) is 4.15. The second-order valence-corrected chi connectivity index (χ2v) is 7.97. The van der Waals surface area contributed by atoms with Gasteiger partial charge in [0, 0.05) is 18.5 Å². The van der Waals surface area contributed by atoms with Gasteiger partial charge in [0.15, 0.2) is 0 Å². The van der Waals surface area contributed by atoms with Crippen LogP contribution in [0.1, 0.15) is 76.5 Å². The van der Waals surface area contributed by atoms with Gasteiger partial charge < -0.3 is 10.1 Å². The van der Waals surface area contributed by atoms with Gasteiger partial charge in [0.25, 0.3) is 0 Å². The predicted molar refractivity (Wildman–Crippen MR) is 89.8 cm³/mol. The van der Waals surface area contributed by atoms with E-state index in [1.54, 1.807) is 11.3 Å². The molecule has 1 aromatic rings. The van der Waals surface area contributed by atoms with E-state index in [1.807, 2.05) is 7.11 Å². The molecule has 21 heavy (non-hydrogen) atoms. The van der Waals surface area contributed by atoms with Crippen molar-refractivity contribution in [3.05, 3.63) is 16.1 Å². The minimum Gasteiger partial charge on any atom is -0.371 e. The lowest BCUT2D eigenvalue weighted by Crippen LogP contribution is -2.36. The topological polar surface area (TPSA) is 34.1 Å². The number of rotatable bonds is 6. The molecule has 1 aromatic heterocycles. The van der Waals surface area contributed by atoms with Crippen LogP contribution in [0.25, 0.3) is 0 Å². The zero-order valence-corrected chi connectivity index (χ0v) is 15.0. The van der Waals surface area contributed by atoms with Crippen molar-refractivity contribution in [1.29, 1.82) is 0 Å². The molecule has 0 spiro atoms. The summed E-state index contributed by atoms with van der Waals surface area (Å²) in [5, 5.41) is 6.88. The Bertz CT molecular complexity index is 445. The number of aromatic nitrogens is 1. The number of methoxy groups -OCH3 is 1. The van der Waals surface area contributed by atoms with Crippen molar-refractivity contribution in [2.24, 2.45) is 5.41 Å². The molecular formula is C17H30N2OS. The average Bonchev–Trinajstić information content (AvgIpc) is 2.96. The molecule has 0 saturated heterocycles. The molecule has 0 aromatic carbocycles. The lowest BCUT2D eigenvalue weighted by Gasteiger charge is -2.41. The zero-order chi connectivity index (χ0) is 15.5. The Kier molecular flexibility index (Phi) is 5.44. The number of nitrogens with one attached hydrogen (secondary N) is 1. The summed E-state index contributed by atoms with van der Waals surface area (Å²) in [6.45, 7) is 10.1. The van der Waals surface area contributed by atoms with Crippen LogP contribution in [0.2, 0.25) is 0 Å². The lowest BCUT2D eigenvalue weighted by atomic mass is 9.71. The summed E-state index contributed by atoms with van der Waals surface area (Å²) in [6.07, 6.45) is 5.73. The second-order valence-electron chi connectivity index (χ2n) is 7.12. The highest BCUT2D eigenvalue weighted by molar-refractivity contribution is 7.09. The van der Waals surface area contributed by atoms with Crippen LogP contribution in [0.3, 0.4) is 0 Å². The molecule has 1 N–H and O–H groups in total. The molecule has 2 rings (SSSR count). The summed E-state index contributed by atoms with van der Waals surface area (Å²) in [7, 11) is 1.85. The maximum Gasteiger partial charge on any atom is 0.125 e. The second kappa shape index (κ2) is 6.76. The van der Waals surface area contributed by atoms with Gasteiger partial charge in [-0.05, 0) is 51.0 Å². The van der Waals surface area contributed by atoms with Crippen LogP contribution >= 0.6 is 11.3 Å².